The molecule has 0 spiro atoms. The van der Waals surface area contributed by atoms with Crippen molar-refractivity contribution in [2.45, 2.75) is 38.6 Å². The number of aromatic hydroxyl groups is 1. The molecule has 1 atom stereocenters. The van der Waals surface area contributed by atoms with Gasteiger partial charge in [-0.15, -0.1) is 6.58 Å². The molecule has 0 heterocycles. The zero-order chi connectivity index (χ0) is 12.4. The maximum Gasteiger partial charge on any atom is 0.124 e. The minimum atomic E-state index is 0.306. The molecule has 0 fully saturated rings. The summed E-state index contributed by atoms with van der Waals surface area (Å²) >= 11 is 0. The molecule has 0 saturated carbocycles. The predicted molar refractivity (Wildman–Crippen MR) is 71.5 cm³/mol. The van der Waals surface area contributed by atoms with Crippen molar-refractivity contribution in [1.29, 1.82) is 0 Å². The lowest BCUT2D eigenvalue weighted by atomic mass is 9.94. The number of allylic oxidation sites excluding steroid dienone is 1. The van der Waals surface area contributed by atoms with Crippen LogP contribution >= 0.6 is 0 Å². The topological polar surface area (TPSA) is 32.3 Å². The van der Waals surface area contributed by atoms with Crippen molar-refractivity contribution >= 4 is 0 Å². The monoisotopic (exact) mass is 231 g/mol. The molecule has 2 N–H and O–H groups in total. The first-order chi connectivity index (χ1) is 8.22. The lowest BCUT2D eigenvalue weighted by Gasteiger charge is -2.17. The van der Waals surface area contributed by atoms with Gasteiger partial charge in [-0.3, -0.25) is 0 Å². The molecule has 1 aromatic carbocycles. The molecule has 17 heavy (non-hydrogen) atoms. The van der Waals surface area contributed by atoms with Crippen molar-refractivity contribution in [3.05, 3.63) is 41.0 Å². The highest BCUT2D eigenvalue weighted by molar-refractivity contribution is 5.54. The van der Waals surface area contributed by atoms with Crippen LogP contribution in [-0.4, -0.2) is 12.2 Å². The third-order valence-electron chi connectivity index (χ3n) is 3.75. The Hall–Kier alpha value is -1.28. The summed E-state index contributed by atoms with van der Waals surface area (Å²) in [7, 11) is 1.96. The first kappa shape index (κ1) is 12.2. The van der Waals surface area contributed by atoms with Crippen molar-refractivity contribution < 1.29 is 5.11 Å². The van der Waals surface area contributed by atoms with Crippen LogP contribution in [0.5, 0.6) is 5.75 Å². The third-order valence-corrected chi connectivity index (χ3v) is 3.75. The quantitative estimate of drug-likeness (QED) is 0.781. The number of rotatable bonds is 4. The third kappa shape index (κ3) is 1.98. The van der Waals surface area contributed by atoms with E-state index < -0.39 is 0 Å². The fourth-order valence-corrected chi connectivity index (χ4v) is 2.87. The number of nitrogens with one attached hydrogen (secondary N) is 1. The largest absolute Gasteiger partial charge is 0.507 e. The number of phenols is 1. The van der Waals surface area contributed by atoms with Gasteiger partial charge in [-0.2, -0.15) is 0 Å². The summed E-state index contributed by atoms with van der Waals surface area (Å²) in [6.07, 6.45) is 5.78. The summed E-state index contributed by atoms with van der Waals surface area (Å²) in [5, 5.41) is 13.7. The summed E-state index contributed by atoms with van der Waals surface area (Å²) in [5.74, 6) is 0.481. The van der Waals surface area contributed by atoms with Crippen LogP contribution < -0.4 is 5.32 Å². The van der Waals surface area contributed by atoms with Gasteiger partial charge in [0.05, 0.1) is 0 Å². The van der Waals surface area contributed by atoms with Crippen molar-refractivity contribution in [3.8, 4) is 5.75 Å². The van der Waals surface area contributed by atoms with Gasteiger partial charge in [0.1, 0.15) is 5.75 Å². The molecule has 0 amide bonds. The maximum atomic E-state index is 10.4. The molecule has 0 bridgehead atoms. The van der Waals surface area contributed by atoms with E-state index in [1.165, 1.54) is 11.1 Å². The summed E-state index contributed by atoms with van der Waals surface area (Å²) < 4.78 is 0. The van der Waals surface area contributed by atoms with Crippen LogP contribution in [0.3, 0.4) is 0 Å². The van der Waals surface area contributed by atoms with Crippen LogP contribution in [0.25, 0.3) is 0 Å². The molecule has 0 radical (unpaired) electrons. The van der Waals surface area contributed by atoms with E-state index in [2.05, 4.69) is 24.9 Å². The fraction of sp³-hybridized carbons (Fsp3) is 0.467. The van der Waals surface area contributed by atoms with E-state index in [1.807, 2.05) is 13.1 Å². The van der Waals surface area contributed by atoms with Gasteiger partial charge in [-0.05, 0) is 49.4 Å². The van der Waals surface area contributed by atoms with Gasteiger partial charge in [-0.1, -0.05) is 19.1 Å². The standard InChI is InChI=1S/C15H21NO/c1-4-6-11-9-10(5-2)12-7-8-13(16-3)14(12)15(11)17/h4,9,13,16-17H,1,5-8H2,2-3H3. The molecule has 2 nitrogen and oxygen atoms in total. The van der Waals surface area contributed by atoms with Gasteiger partial charge in [0, 0.05) is 11.6 Å². The number of benzene rings is 1. The summed E-state index contributed by atoms with van der Waals surface area (Å²) in [6, 6.07) is 2.45. The second-order valence-electron chi connectivity index (χ2n) is 4.66. The molecule has 1 aliphatic rings. The Bertz CT molecular complexity index is 437. The van der Waals surface area contributed by atoms with E-state index >= 15 is 0 Å². The van der Waals surface area contributed by atoms with E-state index in [9.17, 15) is 5.11 Å². The minimum Gasteiger partial charge on any atom is -0.507 e. The number of hydrogen-bond acceptors (Lipinski definition) is 2. The molecule has 0 aliphatic heterocycles. The van der Waals surface area contributed by atoms with E-state index in [-0.39, 0.29) is 0 Å². The Morgan fingerprint density at radius 3 is 2.88 bits per heavy atom. The normalized spacial score (nSPS) is 18.1. The Balaban J connectivity index is 2.58. The number of phenolic OH excluding ortho intramolecular Hbond substituents is 1. The second kappa shape index (κ2) is 4.92. The molecule has 92 valence electrons. The number of aryl methyl sites for hydroxylation is 1. The van der Waals surface area contributed by atoms with E-state index in [0.29, 0.717) is 11.8 Å². The molecule has 2 rings (SSSR count). The van der Waals surface area contributed by atoms with Crippen molar-refractivity contribution in [2.75, 3.05) is 7.05 Å². The highest BCUT2D eigenvalue weighted by Crippen LogP contribution is 2.41. The Kier molecular flexibility index (Phi) is 3.53. The molecule has 0 saturated heterocycles. The summed E-state index contributed by atoms with van der Waals surface area (Å²) in [6.45, 7) is 5.94. The Morgan fingerprint density at radius 2 is 2.29 bits per heavy atom. The van der Waals surface area contributed by atoms with Crippen molar-refractivity contribution in [2.24, 2.45) is 0 Å². The Morgan fingerprint density at radius 1 is 1.53 bits per heavy atom. The molecule has 1 aliphatic carbocycles. The predicted octanol–water partition coefficient (Wildman–Crippen LogP) is 2.89. The zero-order valence-corrected chi connectivity index (χ0v) is 10.7. The Labute approximate surface area is 103 Å². The van der Waals surface area contributed by atoms with Gasteiger partial charge >= 0.3 is 0 Å². The lowest BCUT2D eigenvalue weighted by Crippen LogP contribution is -2.13. The smallest absolute Gasteiger partial charge is 0.124 e. The maximum absolute atomic E-state index is 10.4. The highest BCUT2D eigenvalue weighted by Gasteiger charge is 2.27. The van der Waals surface area contributed by atoms with Gasteiger partial charge < -0.3 is 10.4 Å². The number of fused-ring (bicyclic) bond motifs is 1. The van der Waals surface area contributed by atoms with Gasteiger partial charge in [0.15, 0.2) is 0 Å². The van der Waals surface area contributed by atoms with Gasteiger partial charge in [0.2, 0.25) is 0 Å². The van der Waals surface area contributed by atoms with Crippen molar-refractivity contribution in [3.63, 3.8) is 0 Å². The average molecular weight is 231 g/mol. The van der Waals surface area contributed by atoms with Crippen LogP contribution in [-0.2, 0) is 19.3 Å². The van der Waals surface area contributed by atoms with Crippen molar-refractivity contribution in [1.82, 2.24) is 5.32 Å². The van der Waals surface area contributed by atoms with Crippen LogP contribution in [0.4, 0.5) is 0 Å². The summed E-state index contributed by atoms with van der Waals surface area (Å²) in [4.78, 5) is 0. The lowest BCUT2D eigenvalue weighted by molar-refractivity contribution is 0.451. The average Bonchev–Trinajstić information content (AvgIpc) is 2.77. The van der Waals surface area contributed by atoms with Gasteiger partial charge in [-0.25, -0.2) is 0 Å². The van der Waals surface area contributed by atoms with E-state index in [1.54, 1.807) is 0 Å². The molecule has 1 aromatic rings. The van der Waals surface area contributed by atoms with Gasteiger partial charge in [0.25, 0.3) is 0 Å². The van der Waals surface area contributed by atoms with E-state index in [0.717, 1.165) is 36.8 Å². The SMILES string of the molecule is C=CCc1cc(CC)c2c(c1O)C(NC)CC2. The van der Waals surface area contributed by atoms with Crippen LogP contribution in [0, 0.1) is 0 Å². The highest BCUT2D eigenvalue weighted by atomic mass is 16.3. The molecular formula is C15H21NO. The molecule has 0 aromatic heterocycles. The first-order valence-electron chi connectivity index (χ1n) is 6.37. The number of hydrogen-bond donors (Lipinski definition) is 2. The molecule has 1 unspecified atom stereocenters. The zero-order valence-electron chi connectivity index (χ0n) is 10.7. The summed E-state index contributed by atoms with van der Waals surface area (Å²) in [5.41, 5.74) is 4.88. The second-order valence-corrected chi connectivity index (χ2v) is 4.66. The van der Waals surface area contributed by atoms with Crippen LogP contribution in [0.2, 0.25) is 0 Å². The fourth-order valence-electron chi connectivity index (χ4n) is 2.87. The molecule has 2 heteroatoms. The van der Waals surface area contributed by atoms with Crippen LogP contribution in [0.1, 0.15) is 41.6 Å². The van der Waals surface area contributed by atoms with Crippen LogP contribution in [0.15, 0.2) is 18.7 Å². The van der Waals surface area contributed by atoms with E-state index in [4.69, 9.17) is 0 Å². The molecular weight excluding hydrogens is 210 g/mol. The first-order valence-corrected chi connectivity index (χ1v) is 6.37. The minimum absolute atomic E-state index is 0.306.